The Balaban J connectivity index is 1.82. The number of carbonyl (C=O) groups is 2. The van der Waals surface area contributed by atoms with Gasteiger partial charge in [0.05, 0.1) is 5.92 Å². The number of aromatic nitrogens is 3. The molecule has 80 valence electrons. The molecular weight excluding hydrogens is 198 g/mol. The van der Waals surface area contributed by atoms with Gasteiger partial charge >= 0.3 is 0 Å². The molecule has 1 aromatic rings. The lowest BCUT2D eigenvalue weighted by molar-refractivity contribution is -0.139. The van der Waals surface area contributed by atoms with E-state index in [1.165, 1.54) is 13.3 Å². The van der Waals surface area contributed by atoms with Crippen molar-refractivity contribution in [3.8, 4) is 0 Å². The molecule has 2 rings (SSSR count). The molecule has 1 aliphatic rings. The minimum absolute atomic E-state index is 0.00119. The third kappa shape index (κ3) is 1.95. The van der Waals surface area contributed by atoms with Gasteiger partial charge in [-0.3, -0.25) is 14.9 Å². The van der Waals surface area contributed by atoms with Crippen LogP contribution in [0.1, 0.15) is 6.92 Å². The van der Waals surface area contributed by atoms with E-state index in [4.69, 9.17) is 0 Å². The van der Waals surface area contributed by atoms with Gasteiger partial charge in [0.1, 0.15) is 6.33 Å². The molecule has 0 aromatic carbocycles. The summed E-state index contributed by atoms with van der Waals surface area (Å²) in [4.78, 5) is 27.8. The van der Waals surface area contributed by atoms with E-state index >= 15 is 0 Å². The predicted octanol–water partition coefficient (Wildman–Crippen LogP) is -0.778. The first kappa shape index (κ1) is 9.63. The number of anilines is 1. The second kappa shape index (κ2) is 3.68. The van der Waals surface area contributed by atoms with Gasteiger partial charge < -0.3 is 4.90 Å². The topological polar surface area (TPSA) is 91.0 Å². The molecule has 15 heavy (non-hydrogen) atoms. The highest BCUT2D eigenvalue weighted by Gasteiger charge is 2.34. The van der Waals surface area contributed by atoms with Gasteiger partial charge in [-0.1, -0.05) is 0 Å². The first-order valence-corrected chi connectivity index (χ1v) is 4.58. The standard InChI is InChI=1S/C8H11N5O2/c1-5(14)13-2-6(3-13)7(15)11-8-9-4-10-12-8/h4,6H,2-3H2,1H3,(H2,9,10,11,12,15). The Morgan fingerprint density at radius 2 is 2.33 bits per heavy atom. The van der Waals surface area contributed by atoms with Crippen LogP contribution in [0.4, 0.5) is 5.95 Å². The molecule has 0 unspecified atom stereocenters. The zero-order chi connectivity index (χ0) is 10.8. The SMILES string of the molecule is CC(=O)N1CC(C(=O)Nc2ncn[nH]2)C1. The molecule has 2 heterocycles. The number of nitrogens with zero attached hydrogens (tertiary/aromatic N) is 3. The lowest BCUT2D eigenvalue weighted by Crippen LogP contribution is -2.53. The Kier molecular flexibility index (Phi) is 2.36. The zero-order valence-corrected chi connectivity index (χ0v) is 8.23. The van der Waals surface area contributed by atoms with Crippen LogP contribution in [0.15, 0.2) is 6.33 Å². The molecule has 0 bridgehead atoms. The normalized spacial score (nSPS) is 15.9. The summed E-state index contributed by atoms with van der Waals surface area (Å²) in [6.45, 7) is 2.45. The maximum Gasteiger partial charge on any atom is 0.233 e. The molecule has 0 spiro atoms. The van der Waals surface area contributed by atoms with Crippen LogP contribution in [0, 0.1) is 5.92 Å². The predicted molar refractivity (Wildman–Crippen MR) is 50.8 cm³/mol. The van der Waals surface area contributed by atoms with Gasteiger partial charge in [-0.2, -0.15) is 10.1 Å². The molecule has 1 aromatic heterocycles. The smallest absolute Gasteiger partial charge is 0.233 e. The molecule has 1 aliphatic heterocycles. The van der Waals surface area contributed by atoms with Crippen LogP contribution in [0.5, 0.6) is 0 Å². The number of hydrogen-bond donors (Lipinski definition) is 2. The largest absolute Gasteiger partial charge is 0.341 e. The lowest BCUT2D eigenvalue weighted by atomic mass is 9.99. The van der Waals surface area contributed by atoms with Crippen LogP contribution in [0.25, 0.3) is 0 Å². The van der Waals surface area contributed by atoms with Crippen LogP contribution >= 0.6 is 0 Å². The molecule has 0 radical (unpaired) electrons. The number of carbonyl (C=O) groups excluding carboxylic acids is 2. The first-order valence-electron chi connectivity index (χ1n) is 4.58. The Hall–Kier alpha value is -1.92. The third-order valence-corrected chi connectivity index (χ3v) is 2.35. The van der Waals surface area contributed by atoms with Gasteiger partial charge in [-0.15, -0.1) is 0 Å². The van der Waals surface area contributed by atoms with Crippen LogP contribution in [0.3, 0.4) is 0 Å². The van der Waals surface area contributed by atoms with E-state index < -0.39 is 0 Å². The van der Waals surface area contributed by atoms with Crippen molar-refractivity contribution in [1.82, 2.24) is 20.1 Å². The summed E-state index contributed by atoms with van der Waals surface area (Å²) in [5.74, 6) is 0.0586. The second-order valence-electron chi connectivity index (χ2n) is 3.44. The maximum atomic E-state index is 11.5. The van der Waals surface area contributed by atoms with Gasteiger partial charge in [0.15, 0.2) is 0 Å². The fraction of sp³-hybridized carbons (Fsp3) is 0.500. The molecule has 2 amide bonds. The molecule has 1 fully saturated rings. The van der Waals surface area contributed by atoms with E-state index in [1.54, 1.807) is 4.90 Å². The molecule has 7 nitrogen and oxygen atoms in total. The first-order chi connectivity index (χ1) is 7.16. The van der Waals surface area contributed by atoms with Crippen molar-refractivity contribution in [2.75, 3.05) is 18.4 Å². The molecule has 0 aliphatic carbocycles. The number of aromatic amines is 1. The van der Waals surface area contributed by atoms with E-state index in [2.05, 4.69) is 20.5 Å². The highest BCUT2D eigenvalue weighted by molar-refractivity contribution is 5.93. The summed E-state index contributed by atoms with van der Waals surface area (Å²) in [5, 5.41) is 8.71. The number of likely N-dealkylation sites (tertiary alicyclic amines) is 1. The number of rotatable bonds is 2. The van der Waals surface area contributed by atoms with E-state index in [1.807, 2.05) is 0 Å². The van der Waals surface area contributed by atoms with Crippen molar-refractivity contribution in [3.63, 3.8) is 0 Å². The van der Waals surface area contributed by atoms with Crippen molar-refractivity contribution in [3.05, 3.63) is 6.33 Å². The summed E-state index contributed by atoms with van der Waals surface area (Å²) in [5.41, 5.74) is 0. The Morgan fingerprint density at radius 3 is 2.87 bits per heavy atom. The Labute approximate surface area is 85.9 Å². The number of nitrogens with one attached hydrogen (secondary N) is 2. The number of hydrogen-bond acceptors (Lipinski definition) is 4. The Bertz CT molecular complexity index is 368. The summed E-state index contributed by atoms with van der Waals surface area (Å²) >= 11 is 0. The minimum atomic E-state index is -0.140. The summed E-state index contributed by atoms with van der Waals surface area (Å²) in [7, 11) is 0. The fourth-order valence-corrected chi connectivity index (χ4v) is 1.39. The summed E-state index contributed by atoms with van der Waals surface area (Å²) in [6, 6.07) is 0. The third-order valence-electron chi connectivity index (χ3n) is 2.35. The van der Waals surface area contributed by atoms with Gasteiger partial charge in [-0.25, -0.2) is 5.10 Å². The van der Waals surface area contributed by atoms with E-state index in [9.17, 15) is 9.59 Å². The van der Waals surface area contributed by atoms with Crippen LogP contribution in [0.2, 0.25) is 0 Å². The molecule has 0 atom stereocenters. The highest BCUT2D eigenvalue weighted by Crippen LogP contribution is 2.16. The van der Waals surface area contributed by atoms with E-state index in [-0.39, 0.29) is 17.7 Å². The highest BCUT2D eigenvalue weighted by atomic mass is 16.2. The zero-order valence-electron chi connectivity index (χ0n) is 8.23. The maximum absolute atomic E-state index is 11.5. The van der Waals surface area contributed by atoms with Crippen molar-refractivity contribution >= 4 is 17.8 Å². The summed E-state index contributed by atoms with van der Waals surface area (Å²) in [6.07, 6.45) is 1.32. The summed E-state index contributed by atoms with van der Waals surface area (Å²) < 4.78 is 0. The second-order valence-corrected chi connectivity index (χ2v) is 3.44. The quantitative estimate of drug-likeness (QED) is 0.668. The monoisotopic (exact) mass is 209 g/mol. The van der Waals surface area contributed by atoms with E-state index in [0.29, 0.717) is 19.0 Å². The Morgan fingerprint density at radius 1 is 1.60 bits per heavy atom. The van der Waals surface area contributed by atoms with Gasteiger partial charge in [0.25, 0.3) is 0 Å². The van der Waals surface area contributed by atoms with Gasteiger partial charge in [-0.05, 0) is 0 Å². The average molecular weight is 209 g/mol. The van der Waals surface area contributed by atoms with Gasteiger partial charge in [0, 0.05) is 20.0 Å². The number of H-pyrrole nitrogens is 1. The molecule has 1 saturated heterocycles. The molecule has 2 N–H and O–H groups in total. The van der Waals surface area contributed by atoms with Gasteiger partial charge in [0.2, 0.25) is 17.8 Å². The van der Waals surface area contributed by atoms with E-state index in [0.717, 1.165) is 0 Å². The van der Waals surface area contributed by atoms with Crippen molar-refractivity contribution < 1.29 is 9.59 Å². The van der Waals surface area contributed by atoms with Crippen molar-refractivity contribution in [2.24, 2.45) is 5.92 Å². The molecular formula is C8H11N5O2. The van der Waals surface area contributed by atoms with Crippen LogP contribution < -0.4 is 5.32 Å². The minimum Gasteiger partial charge on any atom is -0.341 e. The lowest BCUT2D eigenvalue weighted by Gasteiger charge is -2.37. The number of amides is 2. The van der Waals surface area contributed by atoms with Crippen LogP contribution in [-0.2, 0) is 9.59 Å². The molecule has 7 heteroatoms. The van der Waals surface area contributed by atoms with Crippen molar-refractivity contribution in [1.29, 1.82) is 0 Å². The molecule has 0 saturated carbocycles. The average Bonchev–Trinajstić information content (AvgIpc) is 2.52. The van der Waals surface area contributed by atoms with Crippen molar-refractivity contribution in [2.45, 2.75) is 6.92 Å². The fourth-order valence-electron chi connectivity index (χ4n) is 1.39. The van der Waals surface area contributed by atoms with Crippen LogP contribution in [-0.4, -0.2) is 45.0 Å².